The van der Waals surface area contributed by atoms with Crippen molar-refractivity contribution in [1.82, 2.24) is 0 Å². The fourth-order valence-corrected chi connectivity index (χ4v) is 2.92. The van der Waals surface area contributed by atoms with Gasteiger partial charge in [-0.3, -0.25) is 9.59 Å². The molecule has 3 nitrogen and oxygen atoms in total. The molecule has 2 rings (SSSR count). The lowest BCUT2D eigenvalue weighted by Gasteiger charge is -2.29. The van der Waals surface area contributed by atoms with E-state index in [1.807, 2.05) is 13.8 Å². The highest BCUT2D eigenvalue weighted by molar-refractivity contribution is 9.10. The Morgan fingerprint density at radius 1 is 1.05 bits per heavy atom. The van der Waals surface area contributed by atoms with Gasteiger partial charge in [-0.2, -0.15) is 0 Å². The van der Waals surface area contributed by atoms with Crippen LogP contribution in [0.4, 0.5) is 0 Å². The Balaban J connectivity index is 2.31. The van der Waals surface area contributed by atoms with E-state index in [1.165, 1.54) is 0 Å². The van der Waals surface area contributed by atoms with Crippen molar-refractivity contribution in [2.45, 2.75) is 26.7 Å². The minimum absolute atomic E-state index is 0.0725. The van der Waals surface area contributed by atoms with E-state index in [-0.39, 0.29) is 5.78 Å². The van der Waals surface area contributed by atoms with E-state index in [9.17, 15) is 14.7 Å². The summed E-state index contributed by atoms with van der Waals surface area (Å²) in [7, 11) is 0. The second kappa shape index (κ2) is 5.92. The molecule has 0 aromatic heterocycles. The van der Waals surface area contributed by atoms with Crippen LogP contribution in [-0.4, -0.2) is 16.9 Å². The topological polar surface area (TPSA) is 54.4 Å². The summed E-state index contributed by atoms with van der Waals surface area (Å²) >= 11 is 3.33. The van der Waals surface area contributed by atoms with E-state index >= 15 is 0 Å². The average molecular weight is 337 g/mol. The second-order valence-corrected chi connectivity index (χ2v) is 6.31. The highest BCUT2D eigenvalue weighted by atomic mass is 79.9. The van der Waals surface area contributed by atoms with Gasteiger partial charge in [0.1, 0.15) is 0 Å². The first-order valence-electron chi connectivity index (χ1n) is 6.58. The van der Waals surface area contributed by atoms with Crippen LogP contribution in [0.5, 0.6) is 0 Å². The molecule has 1 aliphatic rings. The lowest BCUT2D eigenvalue weighted by atomic mass is 9.73. The number of Topliss-reactive ketones (excluding diaryl/α,β-unsaturated/α-hetero) is 1. The number of rotatable bonds is 3. The van der Waals surface area contributed by atoms with Gasteiger partial charge in [0.05, 0.1) is 5.92 Å². The first-order chi connectivity index (χ1) is 9.40. The molecule has 4 heteroatoms. The van der Waals surface area contributed by atoms with E-state index in [0.29, 0.717) is 18.4 Å². The minimum atomic E-state index is -0.882. The largest absolute Gasteiger partial charge is 0.481 e. The Morgan fingerprint density at radius 3 is 2.05 bits per heavy atom. The number of carboxylic acids is 1. The van der Waals surface area contributed by atoms with Gasteiger partial charge in [0, 0.05) is 16.0 Å². The molecule has 0 spiro atoms. The van der Waals surface area contributed by atoms with Crippen molar-refractivity contribution < 1.29 is 14.7 Å². The van der Waals surface area contributed by atoms with E-state index in [2.05, 4.69) is 15.9 Å². The lowest BCUT2D eigenvalue weighted by Crippen LogP contribution is -2.33. The van der Waals surface area contributed by atoms with Crippen molar-refractivity contribution >= 4 is 27.7 Å². The Bertz CT molecular complexity index is 572. The summed E-state index contributed by atoms with van der Waals surface area (Å²) in [4.78, 5) is 24.0. The number of aliphatic carboxylic acids is 1. The fourth-order valence-electron chi connectivity index (χ4n) is 2.66. The molecular weight excluding hydrogens is 320 g/mol. The van der Waals surface area contributed by atoms with Crippen LogP contribution >= 0.6 is 15.9 Å². The van der Waals surface area contributed by atoms with Crippen molar-refractivity contribution in [1.29, 1.82) is 0 Å². The van der Waals surface area contributed by atoms with Crippen LogP contribution in [-0.2, 0) is 4.79 Å². The molecule has 2 atom stereocenters. The molecule has 0 aliphatic heterocycles. The molecule has 0 radical (unpaired) electrons. The van der Waals surface area contributed by atoms with Gasteiger partial charge in [-0.15, -0.1) is 0 Å². The van der Waals surface area contributed by atoms with Gasteiger partial charge >= 0.3 is 5.97 Å². The number of carboxylic acid groups (broad SMARTS) is 1. The zero-order valence-corrected chi connectivity index (χ0v) is 13.1. The Hall–Kier alpha value is -1.42. The summed E-state index contributed by atoms with van der Waals surface area (Å²) in [6, 6.07) is 7.09. The highest BCUT2D eigenvalue weighted by Crippen LogP contribution is 2.36. The smallest absolute Gasteiger partial charge is 0.307 e. The summed E-state index contributed by atoms with van der Waals surface area (Å²) in [6.07, 6.45) is 1.01. The molecule has 0 saturated heterocycles. The number of ketones is 1. The third-order valence-electron chi connectivity index (χ3n) is 4.05. The number of carbonyl (C=O) groups excluding carboxylic acids is 1. The number of carbonyl (C=O) groups is 2. The summed E-state index contributed by atoms with van der Waals surface area (Å²) in [5.41, 5.74) is 2.81. The van der Waals surface area contributed by atoms with Gasteiger partial charge in [0.15, 0.2) is 5.78 Å². The molecule has 0 amide bonds. The zero-order chi connectivity index (χ0) is 14.9. The molecule has 0 bridgehead atoms. The highest BCUT2D eigenvalue weighted by Gasteiger charge is 2.37. The number of allylic oxidation sites excluding steroid dienone is 2. The summed E-state index contributed by atoms with van der Waals surface area (Å²) in [6.45, 7) is 3.93. The van der Waals surface area contributed by atoms with Gasteiger partial charge < -0.3 is 5.11 Å². The number of benzene rings is 1. The van der Waals surface area contributed by atoms with E-state index in [4.69, 9.17) is 0 Å². The zero-order valence-electron chi connectivity index (χ0n) is 11.5. The van der Waals surface area contributed by atoms with E-state index < -0.39 is 17.8 Å². The van der Waals surface area contributed by atoms with Crippen LogP contribution < -0.4 is 0 Å². The summed E-state index contributed by atoms with van der Waals surface area (Å²) in [5.74, 6) is -2.03. The Kier molecular flexibility index (Phi) is 4.43. The Labute approximate surface area is 126 Å². The van der Waals surface area contributed by atoms with Crippen LogP contribution in [0.15, 0.2) is 39.9 Å². The van der Waals surface area contributed by atoms with Gasteiger partial charge in [0.25, 0.3) is 0 Å². The Morgan fingerprint density at radius 2 is 1.55 bits per heavy atom. The van der Waals surface area contributed by atoms with Crippen LogP contribution in [0.25, 0.3) is 0 Å². The molecule has 1 N–H and O–H groups in total. The molecular formula is C16H17BrO3. The molecule has 0 unspecified atom stereocenters. The van der Waals surface area contributed by atoms with Crippen molar-refractivity contribution in [3.8, 4) is 0 Å². The summed E-state index contributed by atoms with van der Waals surface area (Å²) in [5, 5.41) is 9.37. The number of halogens is 1. The maximum absolute atomic E-state index is 12.6. The van der Waals surface area contributed by atoms with Crippen LogP contribution in [0.3, 0.4) is 0 Å². The molecule has 1 aromatic rings. The molecule has 1 aliphatic carbocycles. The normalized spacial score (nSPS) is 22.8. The number of hydrogen-bond acceptors (Lipinski definition) is 2. The van der Waals surface area contributed by atoms with E-state index in [0.717, 1.165) is 15.6 Å². The van der Waals surface area contributed by atoms with Crippen LogP contribution in [0.1, 0.15) is 37.0 Å². The van der Waals surface area contributed by atoms with Gasteiger partial charge in [-0.1, -0.05) is 39.2 Å². The molecule has 0 saturated carbocycles. The van der Waals surface area contributed by atoms with E-state index in [1.54, 1.807) is 24.3 Å². The molecule has 0 heterocycles. The minimum Gasteiger partial charge on any atom is -0.481 e. The predicted molar refractivity (Wildman–Crippen MR) is 80.7 cm³/mol. The molecule has 20 heavy (non-hydrogen) atoms. The number of hydrogen-bond donors (Lipinski definition) is 1. The maximum atomic E-state index is 12.6. The molecule has 106 valence electrons. The first kappa shape index (κ1) is 15.0. The van der Waals surface area contributed by atoms with Gasteiger partial charge in [-0.25, -0.2) is 0 Å². The first-order valence-corrected chi connectivity index (χ1v) is 7.37. The second-order valence-electron chi connectivity index (χ2n) is 5.39. The van der Waals surface area contributed by atoms with Crippen molar-refractivity contribution in [2.24, 2.45) is 11.8 Å². The molecule has 0 fully saturated rings. The average Bonchev–Trinajstić information content (AvgIpc) is 2.41. The van der Waals surface area contributed by atoms with Crippen LogP contribution in [0, 0.1) is 11.8 Å². The van der Waals surface area contributed by atoms with Gasteiger partial charge in [-0.05, 0) is 38.8 Å². The fraction of sp³-hybridized carbons (Fsp3) is 0.375. The van der Waals surface area contributed by atoms with Crippen LogP contribution in [0.2, 0.25) is 0 Å². The standard InChI is InChI=1S/C16H17BrO3/c1-9-7-13(14(16(19)20)8-10(9)2)15(18)11-3-5-12(17)6-4-11/h3-6,13-14H,7-8H2,1-2H3,(H,19,20)/t13-,14-/m0/s1. The lowest BCUT2D eigenvalue weighted by molar-refractivity contribution is -0.143. The third kappa shape index (κ3) is 3.01. The van der Waals surface area contributed by atoms with Crippen molar-refractivity contribution in [2.75, 3.05) is 0 Å². The maximum Gasteiger partial charge on any atom is 0.307 e. The SMILES string of the molecule is CC1=C(C)C[C@H](C(=O)c2ccc(Br)cc2)[C@@H](C(=O)O)C1. The third-order valence-corrected chi connectivity index (χ3v) is 4.58. The van der Waals surface area contributed by atoms with Crippen molar-refractivity contribution in [3.63, 3.8) is 0 Å². The quantitative estimate of drug-likeness (QED) is 0.668. The van der Waals surface area contributed by atoms with Gasteiger partial charge in [0.2, 0.25) is 0 Å². The monoisotopic (exact) mass is 336 g/mol. The summed E-state index contributed by atoms with van der Waals surface area (Å²) < 4.78 is 0.902. The predicted octanol–water partition coefficient (Wildman–Crippen LogP) is 4.08. The van der Waals surface area contributed by atoms with Crippen molar-refractivity contribution in [3.05, 3.63) is 45.4 Å². The molecule has 1 aromatic carbocycles.